The van der Waals surface area contributed by atoms with Crippen LogP contribution in [0.25, 0.3) is 10.8 Å². The number of aliphatic hydroxyl groups is 1. The molecule has 4 atom stereocenters. The minimum atomic E-state index is -3.96. The van der Waals surface area contributed by atoms with Crippen LogP contribution in [0.1, 0.15) is 25.0 Å². The summed E-state index contributed by atoms with van der Waals surface area (Å²) in [6.07, 6.45) is -0.921. The van der Waals surface area contributed by atoms with Crippen LogP contribution in [0.15, 0.2) is 40.4 Å². The van der Waals surface area contributed by atoms with Crippen molar-refractivity contribution >= 4 is 38.4 Å². The number of aliphatic hydroxyl groups excluding tert-OH is 1. The molecule has 4 unspecified atom stereocenters. The average Bonchev–Trinajstić information content (AvgIpc) is 3.43. The van der Waals surface area contributed by atoms with Crippen LogP contribution < -0.4 is 4.31 Å². The van der Waals surface area contributed by atoms with Crippen LogP contribution in [-0.2, 0) is 32.7 Å². The number of fused-ring (bicyclic) bond motifs is 3. The number of quaternary nitrogens is 2. The molecule has 2 saturated heterocycles. The van der Waals surface area contributed by atoms with E-state index in [0.29, 0.717) is 16.6 Å². The Balaban J connectivity index is 1.35. The fourth-order valence-corrected chi connectivity index (χ4v) is 9.69. The van der Waals surface area contributed by atoms with E-state index in [9.17, 15) is 28.2 Å². The van der Waals surface area contributed by atoms with Crippen molar-refractivity contribution in [2.24, 2.45) is 11.8 Å². The second kappa shape index (κ2) is 8.06. The fourth-order valence-electron chi connectivity index (χ4n) is 7.98. The molecular weight excluding hydrogens is 532 g/mol. The van der Waals surface area contributed by atoms with Gasteiger partial charge in [-0.25, -0.2) is 13.2 Å². The molecule has 5 aliphatic heterocycles. The molecule has 0 saturated carbocycles. The number of carboxylic acids is 1. The second-order valence-corrected chi connectivity index (χ2v) is 15.0. The zero-order valence-corrected chi connectivity index (χ0v) is 24.1. The number of nitrogens with zero attached hydrogens (tertiary/aromatic N) is 4. The number of carboxylic acid groups (broad SMARTS) is 1. The SMILES string of the molecule is CC(O)C1C(=O)N2C(C(=O)O)=C(CN3c4c5c(cc6cccc(c46)S3(=O)=O)C[N+]3(CC[N+](C)(C)CC3)C5)C(C)C12. The summed E-state index contributed by atoms with van der Waals surface area (Å²) in [6.45, 7) is 8.98. The lowest BCUT2D eigenvalue weighted by Gasteiger charge is -2.46. The third-order valence-corrected chi connectivity index (χ3v) is 12.1. The first-order chi connectivity index (χ1) is 18.8. The number of hydrogen-bond acceptors (Lipinski definition) is 5. The van der Waals surface area contributed by atoms with Gasteiger partial charge in [-0.05, 0) is 30.0 Å². The van der Waals surface area contributed by atoms with E-state index in [4.69, 9.17) is 0 Å². The van der Waals surface area contributed by atoms with Crippen LogP contribution in [0.2, 0.25) is 0 Å². The van der Waals surface area contributed by atoms with Gasteiger partial charge >= 0.3 is 5.97 Å². The Labute approximate surface area is 233 Å². The summed E-state index contributed by atoms with van der Waals surface area (Å²) in [7, 11) is 0.544. The molecule has 0 radical (unpaired) electrons. The lowest BCUT2D eigenvalue weighted by atomic mass is 9.77. The maximum absolute atomic E-state index is 14.1. The van der Waals surface area contributed by atoms with Gasteiger partial charge in [0.2, 0.25) is 5.91 Å². The molecular formula is C29H36N4O6S+2. The summed E-state index contributed by atoms with van der Waals surface area (Å²) in [4.78, 5) is 26.9. The van der Waals surface area contributed by atoms with Crippen molar-refractivity contribution in [3.8, 4) is 0 Å². The van der Waals surface area contributed by atoms with E-state index in [0.717, 1.165) is 64.7 Å². The topological polar surface area (TPSA) is 115 Å². The van der Waals surface area contributed by atoms with E-state index in [2.05, 4.69) is 20.2 Å². The lowest BCUT2D eigenvalue weighted by molar-refractivity contribution is -1.03. The molecule has 7 rings (SSSR count). The van der Waals surface area contributed by atoms with Gasteiger partial charge in [-0.2, -0.15) is 0 Å². The standard InChI is InChI=1S/C29H35N4O6S/c1-16-20(27(29(36)37)31-25(16)23(17(2)34)28(31)35)13-30-26-21-15-33(10-8-32(3,4)9-11-33)14-19(21)12-18-6-5-7-22(24(18)26)40(30,38)39/h5-7,12,16-17,23,25,34H,8-11,13-15H2,1-4H3/q+1/p+1. The molecule has 2 fully saturated rings. The van der Waals surface area contributed by atoms with Gasteiger partial charge in [-0.1, -0.05) is 19.1 Å². The first-order valence-electron chi connectivity index (χ1n) is 14.0. The Bertz CT molecular complexity index is 1650. The number of amides is 1. The van der Waals surface area contributed by atoms with Crippen molar-refractivity contribution < 1.29 is 37.2 Å². The van der Waals surface area contributed by atoms with Gasteiger partial charge in [0.1, 0.15) is 45.0 Å². The maximum Gasteiger partial charge on any atom is 0.352 e. The molecule has 2 aromatic carbocycles. The highest BCUT2D eigenvalue weighted by molar-refractivity contribution is 7.93. The Morgan fingerprint density at radius 2 is 1.85 bits per heavy atom. The predicted molar refractivity (Wildman–Crippen MR) is 147 cm³/mol. The summed E-state index contributed by atoms with van der Waals surface area (Å²) in [5.74, 6) is -2.78. The number of carbonyl (C=O) groups is 2. The Morgan fingerprint density at radius 3 is 2.50 bits per heavy atom. The zero-order chi connectivity index (χ0) is 28.5. The number of piperazine rings is 1. The molecule has 212 valence electrons. The molecule has 40 heavy (non-hydrogen) atoms. The van der Waals surface area contributed by atoms with Gasteiger partial charge in [0, 0.05) is 22.4 Å². The van der Waals surface area contributed by atoms with E-state index in [1.165, 1.54) is 16.1 Å². The van der Waals surface area contributed by atoms with E-state index in [-0.39, 0.29) is 17.1 Å². The van der Waals surface area contributed by atoms with Gasteiger partial charge in [0.05, 0.1) is 49.3 Å². The minimum absolute atomic E-state index is 0.137. The largest absolute Gasteiger partial charge is 0.477 e. The number of hydrogen-bond donors (Lipinski definition) is 2. The second-order valence-electron chi connectivity index (χ2n) is 13.1. The Kier molecular flexibility index (Phi) is 5.23. The number of sulfonamides is 1. The molecule has 0 aromatic heterocycles. The first kappa shape index (κ1) is 25.9. The number of anilines is 1. The quantitative estimate of drug-likeness (QED) is 0.427. The van der Waals surface area contributed by atoms with E-state index in [1.807, 2.05) is 13.0 Å². The number of aliphatic carboxylic acids is 1. The van der Waals surface area contributed by atoms with Crippen molar-refractivity contribution in [2.45, 2.75) is 44.0 Å². The summed E-state index contributed by atoms with van der Waals surface area (Å²) in [6, 6.07) is 7.02. The van der Waals surface area contributed by atoms with Gasteiger partial charge < -0.3 is 24.1 Å². The monoisotopic (exact) mass is 568 g/mol. The molecule has 1 spiro atoms. The Hall–Kier alpha value is -2.99. The molecule has 5 aliphatic rings. The van der Waals surface area contributed by atoms with Crippen LogP contribution >= 0.6 is 0 Å². The summed E-state index contributed by atoms with van der Waals surface area (Å²) >= 11 is 0. The fraction of sp³-hybridized carbons (Fsp3) is 0.517. The highest BCUT2D eigenvalue weighted by Crippen LogP contribution is 2.52. The molecule has 0 aliphatic carbocycles. The van der Waals surface area contributed by atoms with Gasteiger partial charge in [0.15, 0.2) is 0 Å². The predicted octanol–water partition coefficient (Wildman–Crippen LogP) is 1.47. The summed E-state index contributed by atoms with van der Waals surface area (Å²) in [5, 5.41) is 22.0. The minimum Gasteiger partial charge on any atom is -0.477 e. The molecule has 0 bridgehead atoms. The van der Waals surface area contributed by atoms with E-state index in [1.54, 1.807) is 12.1 Å². The lowest BCUT2D eigenvalue weighted by Crippen LogP contribution is -2.63. The van der Waals surface area contributed by atoms with Gasteiger partial charge in [-0.3, -0.25) is 9.10 Å². The van der Waals surface area contributed by atoms with Crippen LogP contribution in [0.3, 0.4) is 0 Å². The third-order valence-electron chi connectivity index (χ3n) is 10.3. The average molecular weight is 569 g/mol. The number of likely N-dealkylation sites (N-methyl/N-ethyl adjacent to an activating group) is 1. The van der Waals surface area contributed by atoms with Crippen molar-refractivity contribution in [3.05, 3.63) is 46.7 Å². The normalized spacial score (nSPS) is 29.6. The van der Waals surface area contributed by atoms with Crippen LogP contribution in [0, 0.1) is 11.8 Å². The molecule has 1 amide bonds. The highest BCUT2D eigenvalue weighted by atomic mass is 32.2. The number of carbonyl (C=O) groups excluding carboxylic acids is 1. The third kappa shape index (κ3) is 3.29. The number of rotatable bonds is 4. The number of benzene rings is 2. The highest BCUT2D eigenvalue weighted by Gasteiger charge is 2.60. The van der Waals surface area contributed by atoms with Gasteiger partial charge in [-0.15, -0.1) is 0 Å². The molecule has 5 heterocycles. The first-order valence-corrected chi connectivity index (χ1v) is 15.5. The maximum atomic E-state index is 14.1. The van der Waals surface area contributed by atoms with E-state index < -0.39 is 45.9 Å². The molecule has 11 heteroatoms. The van der Waals surface area contributed by atoms with Crippen molar-refractivity contribution in [1.82, 2.24) is 4.90 Å². The van der Waals surface area contributed by atoms with Gasteiger partial charge in [0.25, 0.3) is 10.0 Å². The van der Waals surface area contributed by atoms with Crippen LogP contribution in [0.4, 0.5) is 5.69 Å². The Morgan fingerprint density at radius 1 is 1.15 bits per heavy atom. The van der Waals surface area contributed by atoms with Crippen molar-refractivity contribution in [2.75, 3.05) is 51.1 Å². The van der Waals surface area contributed by atoms with Crippen molar-refractivity contribution in [1.29, 1.82) is 0 Å². The molecule has 10 nitrogen and oxygen atoms in total. The van der Waals surface area contributed by atoms with E-state index >= 15 is 0 Å². The smallest absolute Gasteiger partial charge is 0.352 e. The molecule has 2 N–H and O–H groups in total. The summed E-state index contributed by atoms with van der Waals surface area (Å²) < 4.78 is 31.6. The zero-order valence-electron chi connectivity index (χ0n) is 23.3. The van der Waals surface area contributed by atoms with Crippen LogP contribution in [0.5, 0.6) is 0 Å². The van der Waals surface area contributed by atoms with Crippen LogP contribution in [-0.4, -0.2) is 103 Å². The number of β-lactam (4-membered cyclic amide) rings is 1. The van der Waals surface area contributed by atoms with Crippen molar-refractivity contribution in [3.63, 3.8) is 0 Å². The summed E-state index contributed by atoms with van der Waals surface area (Å²) in [5.41, 5.74) is 3.14. The molecule has 2 aromatic rings.